The van der Waals surface area contributed by atoms with Crippen LogP contribution in [0.3, 0.4) is 0 Å². The van der Waals surface area contributed by atoms with Crippen molar-refractivity contribution < 1.29 is 14.6 Å². The summed E-state index contributed by atoms with van der Waals surface area (Å²) in [5.74, 6) is 0. The van der Waals surface area contributed by atoms with Crippen LogP contribution in [-0.4, -0.2) is 53.2 Å². The molecule has 1 aliphatic heterocycles. The van der Waals surface area contributed by atoms with Crippen molar-refractivity contribution in [1.29, 1.82) is 0 Å². The lowest BCUT2D eigenvalue weighted by atomic mass is 10.1. The molecule has 4 atom stereocenters. The van der Waals surface area contributed by atoms with Gasteiger partial charge in [0.2, 0.25) is 0 Å². The normalized spacial score (nSPS) is 27.4. The van der Waals surface area contributed by atoms with Gasteiger partial charge in [-0.15, -0.1) is 0 Å². The Morgan fingerprint density at radius 3 is 2.87 bits per heavy atom. The molecule has 2 rings (SSSR count). The first-order valence-electron chi connectivity index (χ1n) is 7.97. The zero-order chi connectivity index (χ0) is 16.8. The van der Waals surface area contributed by atoms with Crippen LogP contribution in [0.5, 0.6) is 0 Å². The van der Waals surface area contributed by atoms with Crippen LogP contribution in [0.4, 0.5) is 0 Å². The number of methoxy groups -OCH3 is 1. The molecule has 2 unspecified atom stereocenters. The van der Waals surface area contributed by atoms with Crippen LogP contribution < -0.4 is 16.6 Å². The van der Waals surface area contributed by atoms with E-state index in [2.05, 4.69) is 17.2 Å². The van der Waals surface area contributed by atoms with Crippen LogP contribution >= 0.6 is 0 Å². The van der Waals surface area contributed by atoms with Crippen molar-refractivity contribution in [3.8, 4) is 0 Å². The average molecular weight is 327 g/mol. The number of aliphatic hydroxyl groups is 1. The molecule has 0 radical (unpaired) electrons. The molecule has 1 aromatic rings. The fourth-order valence-corrected chi connectivity index (χ4v) is 2.74. The fourth-order valence-electron chi connectivity index (χ4n) is 2.74. The maximum absolute atomic E-state index is 11.9. The second-order valence-corrected chi connectivity index (χ2v) is 5.68. The minimum atomic E-state index is -0.859. The minimum Gasteiger partial charge on any atom is -0.387 e. The number of aliphatic hydroxyl groups excluding tert-OH is 1. The third-order valence-electron chi connectivity index (χ3n) is 4.01. The van der Waals surface area contributed by atoms with Gasteiger partial charge in [0.25, 0.3) is 5.56 Å². The molecular weight excluding hydrogens is 302 g/mol. The number of H-pyrrole nitrogens is 1. The molecule has 130 valence electrons. The molecule has 23 heavy (non-hydrogen) atoms. The first-order valence-corrected chi connectivity index (χ1v) is 7.97. The number of unbranched alkanes of at least 4 members (excludes halogenated alkanes) is 2. The van der Waals surface area contributed by atoms with Crippen LogP contribution in [0.25, 0.3) is 0 Å². The molecule has 8 nitrogen and oxygen atoms in total. The summed E-state index contributed by atoms with van der Waals surface area (Å²) < 4.78 is 12.3. The highest BCUT2D eigenvalue weighted by Crippen LogP contribution is 2.29. The Labute approximate surface area is 134 Å². The predicted molar refractivity (Wildman–Crippen MR) is 84.4 cm³/mol. The molecule has 1 saturated heterocycles. The molecule has 1 aromatic heterocycles. The van der Waals surface area contributed by atoms with E-state index in [1.165, 1.54) is 23.9 Å². The standard InChI is InChI=1S/C15H25N3O5/c1-3-4-5-7-16-9-10-12(20)13(22-2)14(23-10)18-8-6-11(19)17-15(18)21/h6,8,10,12-14,16,20H,3-5,7,9H2,1-2H3,(H,17,19,21)/t10?,12-,13-,14?/m0/s1. The summed E-state index contributed by atoms with van der Waals surface area (Å²) in [6.07, 6.45) is 1.91. The highest BCUT2D eigenvalue weighted by atomic mass is 16.6. The predicted octanol–water partition coefficient (Wildman–Crippen LogP) is -0.410. The molecule has 3 N–H and O–H groups in total. The lowest BCUT2D eigenvalue weighted by Gasteiger charge is -2.19. The summed E-state index contributed by atoms with van der Waals surface area (Å²) in [6.45, 7) is 3.46. The van der Waals surface area contributed by atoms with Crippen molar-refractivity contribution in [3.63, 3.8) is 0 Å². The molecule has 0 bridgehead atoms. The molecular formula is C15H25N3O5. The van der Waals surface area contributed by atoms with Gasteiger partial charge >= 0.3 is 5.69 Å². The van der Waals surface area contributed by atoms with E-state index in [4.69, 9.17) is 9.47 Å². The van der Waals surface area contributed by atoms with Crippen molar-refractivity contribution in [1.82, 2.24) is 14.9 Å². The number of rotatable bonds is 8. The van der Waals surface area contributed by atoms with Crippen molar-refractivity contribution >= 4 is 0 Å². The van der Waals surface area contributed by atoms with Crippen molar-refractivity contribution in [2.24, 2.45) is 0 Å². The van der Waals surface area contributed by atoms with Crippen LogP contribution in [0.2, 0.25) is 0 Å². The Bertz CT molecular complexity index is 599. The van der Waals surface area contributed by atoms with Crippen LogP contribution in [0.15, 0.2) is 21.9 Å². The van der Waals surface area contributed by atoms with Gasteiger partial charge in [-0.05, 0) is 13.0 Å². The molecule has 1 aliphatic rings. The summed E-state index contributed by atoms with van der Waals surface area (Å²) >= 11 is 0. The first kappa shape index (κ1) is 17.9. The molecule has 0 aliphatic carbocycles. The van der Waals surface area contributed by atoms with E-state index in [1.807, 2.05) is 0 Å². The smallest absolute Gasteiger partial charge is 0.330 e. The Morgan fingerprint density at radius 2 is 2.22 bits per heavy atom. The monoisotopic (exact) mass is 327 g/mol. The molecule has 0 spiro atoms. The van der Waals surface area contributed by atoms with E-state index in [-0.39, 0.29) is 0 Å². The van der Waals surface area contributed by atoms with Crippen LogP contribution in [-0.2, 0) is 9.47 Å². The zero-order valence-corrected chi connectivity index (χ0v) is 13.5. The third-order valence-corrected chi connectivity index (χ3v) is 4.01. The van der Waals surface area contributed by atoms with Gasteiger partial charge in [-0.3, -0.25) is 14.3 Å². The maximum Gasteiger partial charge on any atom is 0.330 e. The van der Waals surface area contributed by atoms with Gasteiger partial charge in [0, 0.05) is 25.9 Å². The number of hydrogen-bond donors (Lipinski definition) is 3. The first-order chi connectivity index (χ1) is 11.1. The Hall–Kier alpha value is -1.48. The van der Waals surface area contributed by atoms with Gasteiger partial charge in [0.1, 0.15) is 18.3 Å². The maximum atomic E-state index is 11.9. The Balaban J connectivity index is 2.03. The van der Waals surface area contributed by atoms with E-state index in [1.54, 1.807) is 0 Å². The molecule has 0 amide bonds. The number of hydrogen-bond acceptors (Lipinski definition) is 6. The number of aromatic nitrogens is 2. The summed E-state index contributed by atoms with van der Waals surface area (Å²) in [6, 6.07) is 1.24. The van der Waals surface area contributed by atoms with Gasteiger partial charge in [0.15, 0.2) is 6.23 Å². The van der Waals surface area contributed by atoms with E-state index in [0.717, 1.165) is 25.8 Å². The molecule has 0 aromatic carbocycles. The second kappa shape index (κ2) is 8.39. The van der Waals surface area contributed by atoms with Crippen molar-refractivity contribution in [2.45, 2.75) is 50.7 Å². The summed E-state index contributed by atoms with van der Waals surface area (Å²) in [4.78, 5) is 25.2. The Kier molecular flexibility index (Phi) is 6.52. The summed E-state index contributed by atoms with van der Waals surface area (Å²) in [5.41, 5.74) is -1.07. The van der Waals surface area contributed by atoms with Crippen molar-refractivity contribution in [2.75, 3.05) is 20.2 Å². The van der Waals surface area contributed by atoms with E-state index in [9.17, 15) is 14.7 Å². The largest absolute Gasteiger partial charge is 0.387 e. The van der Waals surface area contributed by atoms with Gasteiger partial charge in [-0.25, -0.2) is 4.79 Å². The minimum absolute atomic E-state index is 0.472. The topological polar surface area (TPSA) is 106 Å². The molecule has 2 heterocycles. The van der Waals surface area contributed by atoms with Crippen LogP contribution in [0.1, 0.15) is 32.4 Å². The van der Waals surface area contributed by atoms with Crippen molar-refractivity contribution in [3.05, 3.63) is 33.1 Å². The lowest BCUT2D eigenvalue weighted by Crippen LogP contribution is -2.40. The van der Waals surface area contributed by atoms with E-state index >= 15 is 0 Å². The highest BCUT2D eigenvalue weighted by Gasteiger charge is 2.45. The average Bonchev–Trinajstić information content (AvgIpc) is 2.83. The quantitative estimate of drug-likeness (QED) is 0.561. The van der Waals surface area contributed by atoms with E-state index < -0.39 is 35.8 Å². The fraction of sp³-hybridized carbons (Fsp3) is 0.733. The molecule has 8 heteroatoms. The van der Waals surface area contributed by atoms with Crippen LogP contribution in [0, 0.1) is 0 Å². The molecule has 0 saturated carbocycles. The van der Waals surface area contributed by atoms with Gasteiger partial charge in [0.05, 0.1) is 0 Å². The van der Waals surface area contributed by atoms with E-state index in [0.29, 0.717) is 6.54 Å². The number of nitrogens with zero attached hydrogens (tertiary/aromatic N) is 1. The number of aromatic amines is 1. The third kappa shape index (κ3) is 4.29. The second-order valence-electron chi connectivity index (χ2n) is 5.68. The summed E-state index contributed by atoms with van der Waals surface area (Å²) in [7, 11) is 1.46. The summed E-state index contributed by atoms with van der Waals surface area (Å²) in [5, 5.41) is 13.6. The van der Waals surface area contributed by atoms with Gasteiger partial charge in [-0.2, -0.15) is 0 Å². The zero-order valence-electron chi connectivity index (χ0n) is 13.5. The lowest BCUT2D eigenvalue weighted by molar-refractivity contribution is -0.0535. The molecule has 1 fully saturated rings. The SMILES string of the molecule is CCCCCNCC1OC(n2ccc(=O)[nH]c2=O)[C@@H](OC)[C@H]1O. The van der Waals surface area contributed by atoms with Gasteiger partial charge in [-0.1, -0.05) is 19.8 Å². The number of nitrogens with one attached hydrogen (secondary N) is 2. The highest BCUT2D eigenvalue weighted by molar-refractivity contribution is 4.94. The Morgan fingerprint density at radius 1 is 1.43 bits per heavy atom. The number of ether oxygens (including phenoxy) is 2. The van der Waals surface area contributed by atoms with Gasteiger partial charge < -0.3 is 19.9 Å².